The molecule has 0 spiro atoms. The Kier molecular flexibility index (Phi) is 7.66. The number of aromatic nitrogens is 1. The summed E-state index contributed by atoms with van der Waals surface area (Å²) in [5.74, 6) is 0.540. The number of benzene rings is 2. The normalized spacial score (nSPS) is 11.6. The Morgan fingerprint density at radius 3 is 2.74 bits per heavy atom. The number of thioether (sulfide) groups is 1. The number of methoxy groups -OCH3 is 1. The Bertz CT molecular complexity index is 1270. The smallest absolute Gasteiger partial charge is 0.291 e. The number of nitrogens with one attached hydrogen (secondary N) is 2. The van der Waals surface area contributed by atoms with Crippen LogP contribution < -0.4 is 15.4 Å². The lowest BCUT2D eigenvalue weighted by Gasteiger charge is -2.14. The van der Waals surface area contributed by atoms with Gasteiger partial charge in [-0.25, -0.2) is 4.98 Å². The summed E-state index contributed by atoms with van der Waals surface area (Å²) in [5, 5.41) is 7.87. The van der Waals surface area contributed by atoms with Gasteiger partial charge in [-0.3, -0.25) is 9.59 Å². The van der Waals surface area contributed by atoms with E-state index in [0.29, 0.717) is 17.2 Å². The molecule has 0 aliphatic heterocycles. The number of amides is 2. The summed E-state index contributed by atoms with van der Waals surface area (Å²) in [5.41, 5.74) is 2.33. The van der Waals surface area contributed by atoms with E-state index < -0.39 is 0 Å². The summed E-state index contributed by atoms with van der Waals surface area (Å²) >= 11 is 2.82. The number of furan rings is 1. The minimum atomic E-state index is -0.326. The van der Waals surface area contributed by atoms with Crippen LogP contribution in [0.4, 0.5) is 10.8 Å². The molecule has 2 N–H and O–H groups in total. The molecule has 0 aliphatic carbocycles. The van der Waals surface area contributed by atoms with Crippen molar-refractivity contribution in [2.75, 3.05) is 17.7 Å². The Morgan fingerprint density at radius 1 is 1.12 bits per heavy atom. The van der Waals surface area contributed by atoms with Gasteiger partial charge in [-0.05, 0) is 48.9 Å². The largest absolute Gasteiger partial charge is 0.497 e. The maximum absolute atomic E-state index is 12.9. The van der Waals surface area contributed by atoms with E-state index in [4.69, 9.17) is 9.15 Å². The van der Waals surface area contributed by atoms with Crippen molar-refractivity contribution < 1.29 is 18.7 Å². The molecule has 174 valence electrons. The van der Waals surface area contributed by atoms with Gasteiger partial charge in [0.05, 0.1) is 24.3 Å². The Labute approximate surface area is 205 Å². The van der Waals surface area contributed by atoms with E-state index in [-0.39, 0.29) is 22.8 Å². The number of carbonyl (C=O) groups excluding carboxylic acids is 2. The molecule has 0 bridgehead atoms. The summed E-state index contributed by atoms with van der Waals surface area (Å²) in [6.45, 7) is 1.96. The lowest BCUT2D eigenvalue weighted by Crippen LogP contribution is -2.24. The Balaban J connectivity index is 1.40. The molecule has 0 saturated heterocycles. The SMILES string of the molecule is CCC(Sc1cccc(NC(=O)c2ccco2)c1)C(=O)Nc1nc(-c2cccc(OC)c2)cs1. The van der Waals surface area contributed by atoms with Gasteiger partial charge in [-0.15, -0.1) is 23.1 Å². The van der Waals surface area contributed by atoms with E-state index in [1.165, 1.54) is 29.4 Å². The molecule has 0 saturated carbocycles. The lowest BCUT2D eigenvalue weighted by atomic mass is 10.2. The zero-order chi connectivity index (χ0) is 23.9. The van der Waals surface area contributed by atoms with E-state index in [1.54, 1.807) is 25.3 Å². The first-order valence-electron chi connectivity index (χ1n) is 10.6. The molecular formula is C25H23N3O4S2. The number of hydrogen-bond acceptors (Lipinski definition) is 7. The van der Waals surface area contributed by atoms with Crippen LogP contribution in [0.5, 0.6) is 5.75 Å². The zero-order valence-corrected chi connectivity index (χ0v) is 20.2. The number of ether oxygens (including phenoxy) is 1. The first-order chi connectivity index (χ1) is 16.6. The van der Waals surface area contributed by atoms with Crippen molar-refractivity contribution >= 4 is 45.7 Å². The molecule has 34 heavy (non-hydrogen) atoms. The van der Waals surface area contributed by atoms with Crippen LogP contribution in [0, 0.1) is 0 Å². The second kappa shape index (κ2) is 11.0. The maximum Gasteiger partial charge on any atom is 0.291 e. The third-order valence-corrected chi connectivity index (χ3v) is 6.99. The topological polar surface area (TPSA) is 93.5 Å². The molecule has 9 heteroatoms. The van der Waals surface area contributed by atoms with Crippen molar-refractivity contribution in [3.8, 4) is 17.0 Å². The van der Waals surface area contributed by atoms with E-state index in [9.17, 15) is 9.59 Å². The number of anilines is 2. The molecule has 4 rings (SSSR count). The fraction of sp³-hybridized carbons (Fsp3) is 0.160. The zero-order valence-electron chi connectivity index (χ0n) is 18.6. The van der Waals surface area contributed by atoms with Crippen LogP contribution in [-0.4, -0.2) is 29.2 Å². The number of rotatable bonds is 9. The Hall–Kier alpha value is -3.56. The molecule has 2 aromatic carbocycles. The van der Waals surface area contributed by atoms with E-state index in [0.717, 1.165) is 21.9 Å². The number of carbonyl (C=O) groups is 2. The molecule has 2 aromatic heterocycles. The second-order valence-electron chi connectivity index (χ2n) is 7.23. The molecule has 1 atom stereocenters. The molecule has 0 fully saturated rings. The van der Waals surface area contributed by atoms with Crippen LogP contribution in [0.2, 0.25) is 0 Å². The molecule has 4 aromatic rings. The summed E-state index contributed by atoms with van der Waals surface area (Å²) in [6.07, 6.45) is 2.08. The van der Waals surface area contributed by atoms with Crippen LogP contribution in [0.15, 0.2) is 81.6 Å². The Morgan fingerprint density at radius 2 is 1.97 bits per heavy atom. The molecule has 2 heterocycles. The quantitative estimate of drug-likeness (QED) is 0.271. The van der Waals surface area contributed by atoms with Gasteiger partial charge in [0.1, 0.15) is 5.75 Å². The molecule has 7 nitrogen and oxygen atoms in total. The van der Waals surface area contributed by atoms with Gasteiger partial charge in [0.15, 0.2) is 10.9 Å². The molecule has 0 aliphatic rings. The summed E-state index contributed by atoms with van der Waals surface area (Å²) in [4.78, 5) is 30.6. The second-order valence-corrected chi connectivity index (χ2v) is 9.37. The average Bonchev–Trinajstić information content (AvgIpc) is 3.55. The number of nitrogens with zero attached hydrogens (tertiary/aromatic N) is 1. The van der Waals surface area contributed by atoms with Crippen molar-refractivity contribution in [1.82, 2.24) is 4.98 Å². The highest BCUT2D eigenvalue weighted by molar-refractivity contribution is 8.00. The predicted molar refractivity (Wildman–Crippen MR) is 136 cm³/mol. The number of hydrogen-bond donors (Lipinski definition) is 2. The van der Waals surface area contributed by atoms with E-state index in [1.807, 2.05) is 54.8 Å². The molecular weight excluding hydrogens is 470 g/mol. The van der Waals surface area contributed by atoms with Gasteiger partial charge in [0, 0.05) is 21.5 Å². The first-order valence-corrected chi connectivity index (χ1v) is 12.3. The van der Waals surface area contributed by atoms with Gasteiger partial charge >= 0.3 is 0 Å². The van der Waals surface area contributed by atoms with Crippen LogP contribution >= 0.6 is 23.1 Å². The average molecular weight is 494 g/mol. The van der Waals surface area contributed by atoms with Crippen LogP contribution in [0.25, 0.3) is 11.3 Å². The minimum absolute atomic E-state index is 0.121. The lowest BCUT2D eigenvalue weighted by molar-refractivity contribution is -0.115. The molecule has 1 unspecified atom stereocenters. The summed E-state index contributed by atoms with van der Waals surface area (Å²) in [6, 6.07) is 18.3. The summed E-state index contributed by atoms with van der Waals surface area (Å²) < 4.78 is 10.4. The highest BCUT2D eigenvalue weighted by Crippen LogP contribution is 2.31. The summed E-state index contributed by atoms with van der Waals surface area (Å²) in [7, 11) is 1.62. The predicted octanol–water partition coefficient (Wildman–Crippen LogP) is 6.17. The number of thiazole rings is 1. The van der Waals surface area contributed by atoms with Crippen LogP contribution in [-0.2, 0) is 4.79 Å². The van der Waals surface area contributed by atoms with Crippen molar-refractivity contribution in [3.63, 3.8) is 0 Å². The fourth-order valence-electron chi connectivity index (χ4n) is 3.17. The van der Waals surface area contributed by atoms with Gasteiger partial charge in [-0.2, -0.15) is 0 Å². The maximum atomic E-state index is 12.9. The van der Waals surface area contributed by atoms with Crippen molar-refractivity contribution in [1.29, 1.82) is 0 Å². The molecule has 0 radical (unpaired) electrons. The monoisotopic (exact) mass is 493 g/mol. The third-order valence-electron chi connectivity index (χ3n) is 4.88. The van der Waals surface area contributed by atoms with Gasteiger partial charge in [0.25, 0.3) is 5.91 Å². The van der Waals surface area contributed by atoms with Crippen molar-refractivity contribution in [3.05, 3.63) is 78.1 Å². The van der Waals surface area contributed by atoms with Crippen LogP contribution in [0.1, 0.15) is 23.9 Å². The minimum Gasteiger partial charge on any atom is -0.497 e. The van der Waals surface area contributed by atoms with E-state index >= 15 is 0 Å². The van der Waals surface area contributed by atoms with Crippen molar-refractivity contribution in [2.24, 2.45) is 0 Å². The van der Waals surface area contributed by atoms with E-state index in [2.05, 4.69) is 15.6 Å². The van der Waals surface area contributed by atoms with Crippen molar-refractivity contribution in [2.45, 2.75) is 23.5 Å². The first kappa shape index (κ1) is 23.6. The van der Waals surface area contributed by atoms with Gasteiger partial charge in [-0.1, -0.05) is 25.1 Å². The molecule has 2 amide bonds. The van der Waals surface area contributed by atoms with Crippen LogP contribution in [0.3, 0.4) is 0 Å². The fourth-order valence-corrected chi connectivity index (χ4v) is 4.90. The highest BCUT2D eigenvalue weighted by atomic mass is 32.2. The highest BCUT2D eigenvalue weighted by Gasteiger charge is 2.20. The third kappa shape index (κ3) is 5.86. The standard InChI is InChI=1S/C25H23N3O4S2/c1-3-22(34-19-10-5-8-17(14-19)26-23(29)21-11-6-12-32-21)24(30)28-25-27-20(15-33-25)16-7-4-9-18(13-16)31-2/h4-15,22H,3H2,1-2H3,(H,26,29)(H,27,28,30). The van der Waals surface area contributed by atoms with Gasteiger partial charge < -0.3 is 19.8 Å². The van der Waals surface area contributed by atoms with Gasteiger partial charge in [0.2, 0.25) is 5.91 Å².